The van der Waals surface area contributed by atoms with E-state index in [0.717, 1.165) is 83.1 Å². The number of benzene rings is 2. The highest BCUT2D eigenvalue weighted by Gasteiger charge is 2.26. The molecular weight excluding hydrogens is 466 g/mol. The Bertz CT molecular complexity index is 1730. The van der Waals surface area contributed by atoms with E-state index >= 15 is 0 Å². The summed E-state index contributed by atoms with van der Waals surface area (Å²) in [6.45, 7) is 9.17. The molecule has 1 aliphatic heterocycles. The first kappa shape index (κ1) is 23.5. The Morgan fingerprint density at radius 1 is 0.919 bits per heavy atom. The molecule has 9 heteroatoms. The van der Waals surface area contributed by atoms with Crippen molar-refractivity contribution in [1.82, 2.24) is 28.7 Å². The number of hydrogen-bond acceptors (Lipinski definition) is 5. The van der Waals surface area contributed by atoms with Crippen LogP contribution in [-0.2, 0) is 13.1 Å². The Labute approximate surface area is 214 Å². The third-order valence-electron chi connectivity index (χ3n) is 7.65. The van der Waals surface area contributed by atoms with Gasteiger partial charge in [-0.2, -0.15) is 0 Å². The van der Waals surface area contributed by atoms with Gasteiger partial charge in [0.15, 0.2) is 0 Å². The van der Waals surface area contributed by atoms with Crippen molar-refractivity contribution < 1.29 is 0 Å². The largest absolute Gasteiger partial charge is 0.356 e. The molecule has 0 unspecified atom stereocenters. The molecule has 0 radical (unpaired) electrons. The lowest BCUT2D eigenvalue weighted by Crippen LogP contribution is -2.37. The van der Waals surface area contributed by atoms with E-state index in [4.69, 9.17) is 0 Å². The van der Waals surface area contributed by atoms with E-state index in [2.05, 4.69) is 45.8 Å². The summed E-state index contributed by atoms with van der Waals surface area (Å²) in [6.07, 6.45) is 5.10. The number of fused-ring (bicyclic) bond motifs is 3. The summed E-state index contributed by atoms with van der Waals surface area (Å²) in [6, 6.07) is 10.4. The van der Waals surface area contributed by atoms with Gasteiger partial charge in [-0.05, 0) is 62.4 Å². The number of hydrogen-bond donors (Lipinski definition) is 1. The van der Waals surface area contributed by atoms with Crippen molar-refractivity contribution in [2.24, 2.45) is 0 Å². The number of H-pyrrole nitrogens is 1. The van der Waals surface area contributed by atoms with Gasteiger partial charge in [-0.15, -0.1) is 0 Å². The molecule has 5 aromatic rings. The standard InChI is InChI=1S/C28H33N7O2/c1-4-10-33-24-15-20-21(16-25(24)34(11-5-2)28(33)37)29-17-30-26(20)32-12-8-19(9-13-32)35-23-7-6-18(3)14-22(23)31-27(35)36/h6-7,14-17,19H,4-5,8-13H2,1-3H3,(H,31,36). The molecule has 1 saturated heterocycles. The molecule has 1 fully saturated rings. The molecule has 4 heterocycles. The number of anilines is 1. The number of nitrogens with one attached hydrogen (secondary N) is 1. The summed E-state index contributed by atoms with van der Waals surface area (Å²) in [4.78, 5) is 40.6. The maximum atomic E-state index is 13.2. The van der Waals surface area contributed by atoms with Crippen molar-refractivity contribution in [2.45, 2.75) is 65.6 Å². The molecule has 0 amide bonds. The molecular formula is C28H33N7O2. The first-order valence-electron chi connectivity index (χ1n) is 13.3. The molecule has 1 aliphatic rings. The molecule has 0 atom stereocenters. The van der Waals surface area contributed by atoms with E-state index in [1.54, 1.807) is 6.33 Å². The highest BCUT2D eigenvalue weighted by atomic mass is 16.2. The summed E-state index contributed by atoms with van der Waals surface area (Å²) >= 11 is 0. The molecule has 1 N–H and O–H groups in total. The van der Waals surface area contributed by atoms with Crippen molar-refractivity contribution in [3.8, 4) is 0 Å². The second kappa shape index (κ2) is 9.21. The van der Waals surface area contributed by atoms with Crippen molar-refractivity contribution in [2.75, 3.05) is 18.0 Å². The third kappa shape index (κ3) is 3.84. The zero-order valence-corrected chi connectivity index (χ0v) is 21.7. The fraction of sp³-hybridized carbons (Fsp3) is 0.429. The minimum Gasteiger partial charge on any atom is -0.356 e. The summed E-state index contributed by atoms with van der Waals surface area (Å²) < 4.78 is 5.68. The van der Waals surface area contributed by atoms with E-state index in [0.29, 0.717) is 13.1 Å². The molecule has 0 aliphatic carbocycles. The Kier molecular flexibility index (Phi) is 5.85. The fourth-order valence-electron chi connectivity index (χ4n) is 5.93. The zero-order chi connectivity index (χ0) is 25.7. The SMILES string of the molecule is CCCn1c(=O)n(CCC)c2cc3c(N4CCC(n5c(=O)[nH]c6cc(C)ccc65)CC4)ncnc3cc21. The molecule has 0 saturated carbocycles. The van der Waals surface area contributed by atoms with E-state index in [9.17, 15) is 9.59 Å². The molecule has 2 aromatic carbocycles. The monoisotopic (exact) mass is 499 g/mol. The average Bonchev–Trinajstić information content (AvgIpc) is 3.35. The van der Waals surface area contributed by atoms with Gasteiger partial charge in [0.05, 0.1) is 27.6 Å². The van der Waals surface area contributed by atoms with Crippen LogP contribution in [0, 0.1) is 6.92 Å². The maximum absolute atomic E-state index is 13.2. The van der Waals surface area contributed by atoms with Gasteiger partial charge < -0.3 is 9.88 Å². The number of aromatic nitrogens is 6. The van der Waals surface area contributed by atoms with Gasteiger partial charge in [0.2, 0.25) is 0 Å². The summed E-state index contributed by atoms with van der Waals surface area (Å²) in [5.74, 6) is 0.894. The van der Waals surface area contributed by atoms with Gasteiger partial charge in [-0.1, -0.05) is 19.9 Å². The summed E-state index contributed by atoms with van der Waals surface area (Å²) in [5.41, 5.74) is 5.73. The van der Waals surface area contributed by atoms with Crippen LogP contribution in [0.5, 0.6) is 0 Å². The van der Waals surface area contributed by atoms with E-state index in [1.165, 1.54) is 0 Å². The first-order valence-corrected chi connectivity index (χ1v) is 13.3. The van der Waals surface area contributed by atoms with Crippen LogP contribution in [0.15, 0.2) is 46.2 Å². The topological polar surface area (TPSA) is 93.7 Å². The van der Waals surface area contributed by atoms with Crippen molar-refractivity contribution >= 4 is 38.8 Å². The van der Waals surface area contributed by atoms with Crippen molar-refractivity contribution in [3.63, 3.8) is 0 Å². The molecule has 0 spiro atoms. The highest BCUT2D eigenvalue weighted by molar-refractivity contribution is 5.99. The van der Waals surface area contributed by atoms with Gasteiger partial charge in [0.1, 0.15) is 12.1 Å². The van der Waals surface area contributed by atoms with E-state index in [1.807, 2.05) is 38.8 Å². The molecule has 0 bridgehead atoms. The van der Waals surface area contributed by atoms with Crippen LogP contribution in [0.2, 0.25) is 0 Å². The lowest BCUT2D eigenvalue weighted by Gasteiger charge is -2.33. The quantitative estimate of drug-likeness (QED) is 0.375. The molecule has 37 heavy (non-hydrogen) atoms. The Hall–Kier alpha value is -3.88. The fourth-order valence-corrected chi connectivity index (χ4v) is 5.93. The summed E-state index contributed by atoms with van der Waals surface area (Å²) in [7, 11) is 0. The van der Waals surface area contributed by atoms with Gasteiger partial charge in [0.25, 0.3) is 0 Å². The van der Waals surface area contributed by atoms with E-state index in [-0.39, 0.29) is 17.4 Å². The zero-order valence-electron chi connectivity index (χ0n) is 21.7. The first-order chi connectivity index (χ1) is 18.0. The number of imidazole rings is 2. The second-order valence-electron chi connectivity index (χ2n) is 10.2. The van der Waals surface area contributed by atoms with Gasteiger partial charge in [-0.25, -0.2) is 19.6 Å². The lowest BCUT2D eigenvalue weighted by molar-refractivity contribution is 0.395. The maximum Gasteiger partial charge on any atom is 0.329 e. The third-order valence-corrected chi connectivity index (χ3v) is 7.65. The van der Waals surface area contributed by atoms with E-state index < -0.39 is 0 Å². The smallest absolute Gasteiger partial charge is 0.329 e. The van der Waals surface area contributed by atoms with Crippen LogP contribution in [0.4, 0.5) is 5.82 Å². The summed E-state index contributed by atoms with van der Waals surface area (Å²) in [5, 5.41) is 0.965. The average molecular weight is 500 g/mol. The number of nitrogens with zero attached hydrogens (tertiary/aromatic N) is 6. The molecule has 9 nitrogen and oxygen atoms in total. The van der Waals surface area contributed by atoms with Crippen molar-refractivity contribution in [3.05, 3.63) is 63.2 Å². The van der Waals surface area contributed by atoms with Crippen LogP contribution in [0.3, 0.4) is 0 Å². The van der Waals surface area contributed by atoms with Gasteiger partial charge in [0, 0.05) is 37.6 Å². The van der Waals surface area contributed by atoms with Gasteiger partial charge >= 0.3 is 11.4 Å². The van der Waals surface area contributed by atoms with Crippen LogP contribution in [0.1, 0.15) is 51.1 Å². The minimum absolute atomic E-state index is 0.0422. The number of aromatic amines is 1. The van der Waals surface area contributed by atoms with Gasteiger partial charge in [-0.3, -0.25) is 13.7 Å². The molecule has 3 aromatic heterocycles. The Morgan fingerprint density at radius 2 is 1.62 bits per heavy atom. The molecule has 6 rings (SSSR count). The number of rotatable bonds is 6. The molecule has 192 valence electrons. The van der Waals surface area contributed by atoms with Crippen LogP contribution >= 0.6 is 0 Å². The van der Waals surface area contributed by atoms with Crippen LogP contribution in [0.25, 0.3) is 33.0 Å². The van der Waals surface area contributed by atoms with Crippen LogP contribution in [-0.4, -0.2) is 41.7 Å². The highest BCUT2D eigenvalue weighted by Crippen LogP contribution is 2.32. The lowest BCUT2D eigenvalue weighted by atomic mass is 10.0. The predicted octanol–water partition coefficient (Wildman–Crippen LogP) is 4.36. The number of aryl methyl sites for hydroxylation is 3. The number of piperidine rings is 1. The van der Waals surface area contributed by atoms with Crippen molar-refractivity contribution in [1.29, 1.82) is 0 Å². The Balaban J connectivity index is 1.36. The van der Waals surface area contributed by atoms with Crippen LogP contribution < -0.4 is 16.3 Å². The Morgan fingerprint density at radius 3 is 2.32 bits per heavy atom. The predicted molar refractivity (Wildman–Crippen MR) is 148 cm³/mol. The normalized spacial score (nSPS) is 14.9. The second-order valence-corrected chi connectivity index (χ2v) is 10.2. The minimum atomic E-state index is -0.0422.